The predicted molar refractivity (Wildman–Crippen MR) is 121 cm³/mol. The van der Waals surface area contributed by atoms with Crippen LogP contribution in [0.15, 0.2) is 59.5 Å². The second-order valence-electron chi connectivity index (χ2n) is 6.37. The second-order valence-corrected chi connectivity index (χ2v) is 7.23. The van der Waals surface area contributed by atoms with Crippen molar-refractivity contribution in [2.75, 3.05) is 19.5 Å². The molecule has 2 aromatic heterocycles. The molecule has 0 saturated heterocycles. The Kier molecular flexibility index (Phi) is 5.99. The number of hydrogen-bond acceptors (Lipinski definition) is 9. The normalized spacial score (nSPS) is 10.6. The van der Waals surface area contributed by atoms with E-state index in [-0.39, 0.29) is 11.7 Å². The maximum Gasteiger partial charge on any atom is 0.373 e. The van der Waals surface area contributed by atoms with Gasteiger partial charge in [-0.2, -0.15) is 4.98 Å². The molecule has 2 heterocycles. The number of pyridine rings is 1. The van der Waals surface area contributed by atoms with E-state index in [1.54, 1.807) is 42.6 Å². The van der Waals surface area contributed by atoms with Crippen LogP contribution in [0.5, 0.6) is 23.1 Å². The van der Waals surface area contributed by atoms with Crippen LogP contribution in [0, 0.1) is 10.1 Å². The minimum atomic E-state index is -0.612. The van der Waals surface area contributed by atoms with E-state index in [0.29, 0.717) is 28.5 Å². The lowest BCUT2D eigenvalue weighted by molar-refractivity contribution is -0.385. The molecule has 0 fully saturated rings. The molecule has 0 aliphatic rings. The Morgan fingerprint density at radius 3 is 2.59 bits per heavy atom. The average Bonchev–Trinajstić information content (AvgIpc) is 2.81. The van der Waals surface area contributed by atoms with Gasteiger partial charge in [-0.15, -0.1) is 0 Å². The molecule has 0 radical (unpaired) electrons. The van der Waals surface area contributed by atoms with E-state index in [4.69, 9.17) is 14.2 Å². The van der Waals surface area contributed by atoms with Crippen molar-refractivity contribution in [3.05, 3.63) is 69.6 Å². The minimum absolute atomic E-state index is 0.0686. The zero-order chi connectivity index (χ0) is 22.7. The molecule has 4 rings (SSSR count). The number of benzene rings is 2. The number of methoxy groups -OCH3 is 2. The molecule has 0 aliphatic heterocycles. The Morgan fingerprint density at radius 2 is 1.84 bits per heavy atom. The van der Waals surface area contributed by atoms with Gasteiger partial charge >= 0.3 is 11.6 Å². The zero-order valence-electron chi connectivity index (χ0n) is 16.9. The Bertz CT molecular complexity index is 1320. The molecule has 0 amide bonds. The standard InChI is InChI=1S/C21H16BrN5O5/c1-30-12-5-7-16(31-2)15(10-12)26-20-19(27(28)29)21(25-11-24-20)32-17-8-6-14(22)13-4-3-9-23-18(13)17/h3-11H,1-2H3,(H,24,25,26). The van der Waals surface area contributed by atoms with Gasteiger partial charge in [-0.3, -0.25) is 15.1 Å². The van der Waals surface area contributed by atoms with Crippen molar-refractivity contribution in [2.45, 2.75) is 0 Å². The van der Waals surface area contributed by atoms with Gasteiger partial charge < -0.3 is 19.5 Å². The summed E-state index contributed by atoms with van der Waals surface area (Å²) >= 11 is 3.47. The van der Waals surface area contributed by atoms with Crippen LogP contribution in [0.3, 0.4) is 0 Å². The van der Waals surface area contributed by atoms with Gasteiger partial charge in [0.25, 0.3) is 0 Å². The van der Waals surface area contributed by atoms with Crippen molar-refractivity contribution >= 4 is 44.0 Å². The van der Waals surface area contributed by atoms with Crippen LogP contribution in [0.2, 0.25) is 0 Å². The molecule has 0 atom stereocenters. The van der Waals surface area contributed by atoms with Crippen molar-refractivity contribution in [3.8, 4) is 23.1 Å². The monoisotopic (exact) mass is 497 g/mol. The molecule has 10 nitrogen and oxygen atoms in total. The fraction of sp³-hybridized carbons (Fsp3) is 0.0952. The Balaban J connectivity index is 1.78. The Morgan fingerprint density at radius 1 is 1.03 bits per heavy atom. The highest BCUT2D eigenvalue weighted by Gasteiger charge is 2.26. The molecular formula is C21H16BrN5O5. The minimum Gasteiger partial charge on any atom is -0.497 e. The topological polar surface area (TPSA) is 122 Å². The van der Waals surface area contributed by atoms with Crippen LogP contribution in [0.1, 0.15) is 0 Å². The first-order chi connectivity index (χ1) is 15.5. The Hall–Kier alpha value is -3.99. The third kappa shape index (κ3) is 4.10. The molecule has 4 aromatic rings. The fourth-order valence-corrected chi connectivity index (χ4v) is 3.48. The second kappa shape index (κ2) is 9.02. The highest BCUT2D eigenvalue weighted by atomic mass is 79.9. The lowest BCUT2D eigenvalue weighted by atomic mass is 10.2. The summed E-state index contributed by atoms with van der Waals surface area (Å²) < 4.78 is 17.2. The number of fused-ring (bicyclic) bond motifs is 1. The number of anilines is 2. The van der Waals surface area contributed by atoms with E-state index in [2.05, 4.69) is 36.2 Å². The lowest BCUT2D eigenvalue weighted by Gasteiger charge is -2.13. The van der Waals surface area contributed by atoms with Crippen LogP contribution >= 0.6 is 15.9 Å². The van der Waals surface area contributed by atoms with Gasteiger partial charge in [-0.1, -0.05) is 22.0 Å². The summed E-state index contributed by atoms with van der Waals surface area (Å²) in [5.74, 6) is 0.998. The lowest BCUT2D eigenvalue weighted by Crippen LogP contribution is -2.05. The summed E-state index contributed by atoms with van der Waals surface area (Å²) in [6.07, 6.45) is 2.78. The van der Waals surface area contributed by atoms with Crippen LogP contribution < -0.4 is 19.5 Å². The number of ether oxygens (including phenoxy) is 3. The first-order valence-electron chi connectivity index (χ1n) is 9.21. The fourth-order valence-electron chi connectivity index (χ4n) is 3.03. The smallest absolute Gasteiger partial charge is 0.373 e. The summed E-state index contributed by atoms with van der Waals surface area (Å²) in [6, 6.07) is 12.1. The zero-order valence-corrected chi connectivity index (χ0v) is 18.5. The molecule has 0 saturated carbocycles. The molecule has 2 aromatic carbocycles. The van der Waals surface area contributed by atoms with Gasteiger partial charge in [0.1, 0.15) is 23.3 Å². The predicted octanol–water partition coefficient (Wildman–Crippen LogP) is 5.25. The number of aromatic nitrogens is 3. The summed E-state index contributed by atoms with van der Waals surface area (Å²) in [7, 11) is 3.00. The molecule has 11 heteroatoms. The van der Waals surface area contributed by atoms with Crippen LogP contribution in [0.4, 0.5) is 17.2 Å². The van der Waals surface area contributed by atoms with Gasteiger partial charge in [-0.25, -0.2) is 4.98 Å². The molecule has 32 heavy (non-hydrogen) atoms. The number of hydrogen-bond donors (Lipinski definition) is 1. The SMILES string of the molecule is COc1ccc(OC)c(Nc2ncnc(Oc3ccc(Br)c4cccnc34)c2[N+](=O)[O-])c1. The number of halogens is 1. The number of rotatable bonds is 7. The van der Waals surface area contributed by atoms with Gasteiger partial charge in [0, 0.05) is 22.1 Å². The first-order valence-corrected chi connectivity index (χ1v) is 10.0. The van der Waals surface area contributed by atoms with Gasteiger partial charge in [0.15, 0.2) is 5.75 Å². The van der Waals surface area contributed by atoms with E-state index in [1.165, 1.54) is 20.5 Å². The largest absolute Gasteiger partial charge is 0.497 e. The highest BCUT2D eigenvalue weighted by Crippen LogP contribution is 2.40. The maximum absolute atomic E-state index is 11.9. The van der Waals surface area contributed by atoms with Gasteiger partial charge in [0.05, 0.1) is 24.8 Å². The third-order valence-corrected chi connectivity index (χ3v) is 5.21. The summed E-state index contributed by atoms with van der Waals surface area (Å²) in [5.41, 5.74) is 0.512. The van der Waals surface area contributed by atoms with Crippen molar-refractivity contribution in [1.82, 2.24) is 15.0 Å². The molecule has 0 aliphatic carbocycles. The summed E-state index contributed by atoms with van der Waals surface area (Å²) in [4.78, 5) is 23.7. The van der Waals surface area contributed by atoms with Crippen molar-refractivity contribution < 1.29 is 19.1 Å². The van der Waals surface area contributed by atoms with Crippen molar-refractivity contribution in [1.29, 1.82) is 0 Å². The van der Waals surface area contributed by atoms with Gasteiger partial charge in [-0.05, 0) is 30.3 Å². The van der Waals surface area contributed by atoms with E-state index < -0.39 is 10.6 Å². The van der Waals surface area contributed by atoms with E-state index in [0.717, 1.165) is 9.86 Å². The summed E-state index contributed by atoms with van der Waals surface area (Å²) in [5, 5.41) is 15.7. The van der Waals surface area contributed by atoms with Crippen molar-refractivity contribution in [2.24, 2.45) is 0 Å². The van der Waals surface area contributed by atoms with E-state index in [1.807, 2.05) is 6.07 Å². The quantitative estimate of drug-likeness (QED) is 0.269. The van der Waals surface area contributed by atoms with Gasteiger partial charge in [0.2, 0.25) is 5.82 Å². The van der Waals surface area contributed by atoms with Crippen LogP contribution in [-0.2, 0) is 0 Å². The number of nitro groups is 1. The van der Waals surface area contributed by atoms with Crippen molar-refractivity contribution in [3.63, 3.8) is 0 Å². The molecule has 0 unspecified atom stereocenters. The first kappa shape index (κ1) is 21.2. The average molecular weight is 498 g/mol. The molecule has 0 bridgehead atoms. The van der Waals surface area contributed by atoms with E-state index in [9.17, 15) is 10.1 Å². The maximum atomic E-state index is 11.9. The third-order valence-electron chi connectivity index (χ3n) is 4.52. The molecule has 1 N–H and O–H groups in total. The molecule has 0 spiro atoms. The Labute approximate surface area is 190 Å². The summed E-state index contributed by atoms with van der Waals surface area (Å²) in [6.45, 7) is 0. The molecular weight excluding hydrogens is 482 g/mol. The van der Waals surface area contributed by atoms with E-state index >= 15 is 0 Å². The van der Waals surface area contributed by atoms with Crippen LogP contribution in [0.25, 0.3) is 10.9 Å². The molecule has 162 valence electrons. The number of nitrogens with one attached hydrogen (secondary N) is 1. The highest BCUT2D eigenvalue weighted by molar-refractivity contribution is 9.10. The number of nitrogens with zero attached hydrogens (tertiary/aromatic N) is 4. The van der Waals surface area contributed by atoms with Crippen LogP contribution in [-0.4, -0.2) is 34.1 Å².